The number of nitrogens with zero attached hydrogens (tertiary/aromatic N) is 1. The van der Waals surface area contributed by atoms with Gasteiger partial charge in [0.2, 0.25) is 0 Å². The number of hydrogen-bond acceptors (Lipinski definition) is 3. The molecule has 60 heavy (non-hydrogen) atoms. The van der Waals surface area contributed by atoms with E-state index < -0.39 is 0 Å². The van der Waals surface area contributed by atoms with Crippen LogP contribution < -0.4 is 5.22 Å². The maximum absolute atomic E-state index is 14.9. The van der Waals surface area contributed by atoms with Crippen molar-refractivity contribution in [1.82, 2.24) is 4.90 Å². The van der Waals surface area contributed by atoms with Crippen molar-refractivity contribution in [3.05, 3.63) is 148 Å². The lowest BCUT2D eigenvalue weighted by molar-refractivity contribution is 0.0650. The lowest BCUT2D eigenvalue weighted by Crippen LogP contribution is -2.39. The summed E-state index contributed by atoms with van der Waals surface area (Å²) in [5.74, 6) is -0.432. The summed E-state index contributed by atoms with van der Waals surface area (Å²) in [4.78, 5) is 45.5. The van der Waals surface area contributed by atoms with Crippen LogP contribution in [0.15, 0.2) is 115 Å². The highest BCUT2D eigenvalue weighted by Crippen LogP contribution is 2.61. The Morgan fingerprint density at radius 3 is 1.57 bits per heavy atom. The topological polar surface area (TPSA) is 54.5 Å². The largest absolute Gasteiger partial charge is 0.294 e. The average Bonchev–Trinajstić information content (AvgIpc) is 3.29. The Morgan fingerprint density at radius 1 is 0.433 bits per heavy atom. The van der Waals surface area contributed by atoms with Gasteiger partial charge in [-0.25, -0.2) is 0 Å². The predicted molar refractivity (Wildman–Crippen MR) is 245 cm³/mol. The van der Waals surface area contributed by atoms with Gasteiger partial charge in [-0.2, -0.15) is 0 Å². The summed E-state index contributed by atoms with van der Waals surface area (Å²) in [7, 11) is 1.63. The zero-order valence-corrected chi connectivity index (χ0v) is 33.1. The highest BCUT2D eigenvalue weighted by molar-refractivity contribution is 6.49. The molecule has 3 aliphatic carbocycles. The van der Waals surface area contributed by atoms with Crippen molar-refractivity contribution in [2.75, 3.05) is 7.05 Å². The Hall–Kier alpha value is -7.17. The van der Waals surface area contributed by atoms with E-state index in [-0.39, 0.29) is 35.4 Å². The fraction of sp³-hybridized carbons (Fsp3) is 0.125. The Labute approximate surface area is 342 Å². The van der Waals surface area contributed by atoms with E-state index in [1.165, 1.54) is 54.1 Å². The molecule has 3 atom stereocenters. The van der Waals surface area contributed by atoms with Crippen LogP contribution in [0.5, 0.6) is 0 Å². The number of Topliss-reactive ketones (excluding diaryl/α,β-unsaturated/α-hetero) is 1. The van der Waals surface area contributed by atoms with Crippen molar-refractivity contribution in [2.24, 2.45) is 11.8 Å². The number of fused-ring (bicyclic) bond motifs is 16. The summed E-state index contributed by atoms with van der Waals surface area (Å²) in [5.41, 5.74) is 8.12. The van der Waals surface area contributed by atoms with Gasteiger partial charge in [0.05, 0.1) is 0 Å². The molecule has 0 fully saturated rings. The van der Waals surface area contributed by atoms with E-state index in [0.29, 0.717) is 11.1 Å². The molecule has 11 aromatic carbocycles. The van der Waals surface area contributed by atoms with E-state index in [2.05, 4.69) is 129 Å². The molecule has 0 radical (unpaired) electrons. The van der Waals surface area contributed by atoms with E-state index in [9.17, 15) is 14.4 Å². The highest BCUT2D eigenvalue weighted by Gasteiger charge is 2.44. The number of amides is 2. The summed E-state index contributed by atoms with van der Waals surface area (Å²) in [6.07, 6.45) is 0.803. The molecule has 280 valence electrons. The molecule has 0 spiro atoms. The molecule has 0 saturated heterocycles. The van der Waals surface area contributed by atoms with Gasteiger partial charge in [-0.1, -0.05) is 116 Å². The molecule has 4 heteroatoms. The normalized spacial score (nSPS) is 19.4. The minimum Gasteiger partial charge on any atom is -0.294 e. The van der Waals surface area contributed by atoms with Crippen molar-refractivity contribution in [1.29, 1.82) is 0 Å². The van der Waals surface area contributed by atoms with Crippen LogP contribution in [-0.4, -0.2) is 29.5 Å². The van der Waals surface area contributed by atoms with Crippen LogP contribution >= 0.6 is 0 Å². The maximum atomic E-state index is 14.9. The molecule has 4 nitrogen and oxygen atoms in total. The molecule has 1 aliphatic heterocycles. The number of ketones is 1. The second kappa shape index (κ2) is 10.2. The van der Waals surface area contributed by atoms with E-state index in [0.717, 1.165) is 92.8 Å². The standard InChI is InChI=1S/C56H33NO3/c1-24-25(2)54(58)39-21-36-43-31-17-9-5-13-27(31)29-15-7-11-19-33(29)45(43)38-23-41-47-40(55(59)57(3)56(41)60)22-37-44-32-18-10-6-14-28(32)26-12-4-8-16-30(26)42(44)35-20-34(24)46(39)52-48(35)50(37)53(47)51(38)49(36)52/h4-19,21-25,35H,20H2,1-3H3. The molecular formula is C56H33NO3. The molecule has 2 amide bonds. The van der Waals surface area contributed by atoms with Crippen molar-refractivity contribution < 1.29 is 14.4 Å². The van der Waals surface area contributed by atoms with Crippen molar-refractivity contribution in [3.63, 3.8) is 0 Å². The summed E-state index contributed by atoms with van der Waals surface area (Å²) in [6, 6.07) is 41.3. The van der Waals surface area contributed by atoms with Gasteiger partial charge in [-0.05, 0) is 150 Å². The fourth-order valence-corrected chi connectivity index (χ4v) is 13.2. The van der Waals surface area contributed by atoms with Crippen LogP contribution in [0.1, 0.15) is 68.4 Å². The van der Waals surface area contributed by atoms with E-state index >= 15 is 0 Å². The SMILES string of the molecule is CC1C(=O)c2cc3c4c5c6c7c(cc8c9c(cc(c%10c%11ccccc%11c%11ccccc%11c3%10)c4c97)C(=O)N(C)C8=O)-c3c(c4ccccc4c4ccccc34)C6CC(=c25)C1C. The first-order chi connectivity index (χ1) is 29.3. The third-order valence-corrected chi connectivity index (χ3v) is 15.7. The Morgan fingerprint density at radius 2 is 0.933 bits per heavy atom. The molecule has 0 saturated carbocycles. The van der Waals surface area contributed by atoms with Crippen molar-refractivity contribution in [2.45, 2.75) is 26.2 Å². The van der Waals surface area contributed by atoms with Gasteiger partial charge >= 0.3 is 0 Å². The number of carbonyl (C=O) groups excluding carboxylic acids is 3. The third kappa shape index (κ3) is 3.26. The molecule has 0 bridgehead atoms. The molecule has 3 unspecified atom stereocenters. The first-order valence-corrected chi connectivity index (χ1v) is 21.2. The summed E-state index contributed by atoms with van der Waals surface area (Å²) in [5, 5.41) is 21.1. The van der Waals surface area contributed by atoms with E-state index in [4.69, 9.17) is 0 Å². The first kappa shape index (κ1) is 31.8. The Kier molecular flexibility index (Phi) is 5.38. The van der Waals surface area contributed by atoms with Crippen LogP contribution in [0.2, 0.25) is 0 Å². The lowest BCUT2D eigenvalue weighted by Gasteiger charge is -2.41. The van der Waals surface area contributed by atoms with Gasteiger partial charge < -0.3 is 0 Å². The maximum Gasteiger partial charge on any atom is 0.261 e. The van der Waals surface area contributed by atoms with Gasteiger partial charge in [-0.3, -0.25) is 19.3 Å². The van der Waals surface area contributed by atoms with Crippen molar-refractivity contribution in [3.8, 4) is 11.1 Å². The minimum atomic E-state index is -0.272. The van der Waals surface area contributed by atoms with Gasteiger partial charge in [-0.15, -0.1) is 0 Å². The predicted octanol–water partition coefficient (Wildman–Crippen LogP) is 12.6. The van der Waals surface area contributed by atoms with Gasteiger partial charge in [0.1, 0.15) is 0 Å². The van der Waals surface area contributed by atoms with Crippen LogP contribution in [0.4, 0.5) is 0 Å². The van der Waals surface area contributed by atoms with Crippen LogP contribution in [0.3, 0.4) is 0 Å². The summed E-state index contributed by atoms with van der Waals surface area (Å²) < 4.78 is 0. The van der Waals surface area contributed by atoms with Crippen LogP contribution in [0.25, 0.3) is 114 Å². The number of benzene rings is 11. The third-order valence-electron chi connectivity index (χ3n) is 15.7. The number of imide groups is 1. The molecule has 0 aromatic heterocycles. The lowest BCUT2D eigenvalue weighted by atomic mass is 9.61. The minimum absolute atomic E-state index is 0.00669. The fourth-order valence-electron chi connectivity index (χ4n) is 13.2. The summed E-state index contributed by atoms with van der Waals surface area (Å²) >= 11 is 0. The highest BCUT2D eigenvalue weighted by atomic mass is 16.2. The second-order valence-electron chi connectivity index (χ2n) is 18.1. The van der Waals surface area contributed by atoms with Crippen LogP contribution in [-0.2, 0) is 0 Å². The molecule has 11 aromatic rings. The molecular weight excluding hydrogens is 735 g/mol. The Balaban J connectivity index is 1.35. The number of rotatable bonds is 0. The smallest absolute Gasteiger partial charge is 0.261 e. The zero-order chi connectivity index (χ0) is 39.8. The number of carbonyl (C=O) groups is 3. The Bertz CT molecular complexity index is 4100. The summed E-state index contributed by atoms with van der Waals surface area (Å²) in [6.45, 7) is 4.39. The first-order valence-electron chi connectivity index (χ1n) is 21.2. The molecule has 1 heterocycles. The number of hydrogen-bond donors (Lipinski definition) is 0. The van der Waals surface area contributed by atoms with Gasteiger partial charge in [0, 0.05) is 41.0 Å². The molecule has 15 rings (SSSR count). The van der Waals surface area contributed by atoms with Gasteiger partial charge in [0.15, 0.2) is 5.78 Å². The van der Waals surface area contributed by atoms with E-state index in [1.807, 2.05) is 0 Å². The van der Waals surface area contributed by atoms with Crippen molar-refractivity contribution >= 4 is 120 Å². The average molecular weight is 768 g/mol. The van der Waals surface area contributed by atoms with Gasteiger partial charge in [0.25, 0.3) is 11.8 Å². The second-order valence-corrected chi connectivity index (χ2v) is 18.1. The van der Waals surface area contributed by atoms with E-state index in [1.54, 1.807) is 7.05 Å². The zero-order valence-electron chi connectivity index (χ0n) is 33.1. The molecule has 4 aliphatic rings. The quantitative estimate of drug-likeness (QED) is 0.0877. The van der Waals surface area contributed by atoms with Crippen LogP contribution in [0, 0.1) is 11.8 Å². The molecule has 0 N–H and O–H groups in total. The monoisotopic (exact) mass is 767 g/mol.